The predicted molar refractivity (Wildman–Crippen MR) is 94.9 cm³/mol. The number of amides is 1. The molecule has 3 rings (SSSR count). The van der Waals surface area contributed by atoms with Gasteiger partial charge in [0.2, 0.25) is 0 Å². The molecule has 0 unspecified atom stereocenters. The molecule has 1 aliphatic heterocycles. The number of rotatable bonds is 4. The third kappa shape index (κ3) is 4.06. The number of esters is 1. The smallest absolute Gasteiger partial charge is 0.316 e. The monoisotopic (exact) mass is 339 g/mol. The first-order valence-corrected chi connectivity index (χ1v) is 8.29. The van der Waals surface area contributed by atoms with Crippen molar-refractivity contribution < 1.29 is 19.1 Å². The lowest BCUT2D eigenvalue weighted by atomic mass is 10.1. The molecule has 0 aromatic heterocycles. The van der Waals surface area contributed by atoms with E-state index < -0.39 is 0 Å². The summed E-state index contributed by atoms with van der Waals surface area (Å²) >= 11 is 0. The lowest BCUT2D eigenvalue weighted by molar-refractivity contribution is -0.138. The Hall–Kier alpha value is -2.66. The number of carbonyl (C=O) groups is 2. The fourth-order valence-electron chi connectivity index (χ4n) is 2.66. The van der Waals surface area contributed by atoms with Gasteiger partial charge in [-0.25, -0.2) is 0 Å². The first-order valence-electron chi connectivity index (χ1n) is 8.29. The van der Waals surface area contributed by atoms with Gasteiger partial charge >= 0.3 is 5.97 Å². The molecule has 5 nitrogen and oxygen atoms in total. The van der Waals surface area contributed by atoms with E-state index in [0.29, 0.717) is 30.9 Å². The van der Waals surface area contributed by atoms with Crippen LogP contribution in [0.5, 0.6) is 5.75 Å². The average molecular weight is 339 g/mol. The molecule has 1 aliphatic rings. The molecule has 1 amide bonds. The van der Waals surface area contributed by atoms with Gasteiger partial charge in [0.05, 0.1) is 12.5 Å². The second-order valence-corrected chi connectivity index (χ2v) is 6.21. The van der Waals surface area contributed by atoms with Crippen LogP contribution >= 0.6 is 0 Å². The molecule has 0 aliphatic carbocycles. The van der Waals surface area contributed by atoms with Gasteiger partial charge in [0.1, 0.15) is 5.75 Å². The minimum Gasteiger partial charge on any atom is -0.426 e. The molecule has 1 atom stereocenters. The zero-order valence-electron chi connectivity index (χ0n) is 14.4. The molecule has 0 saturated carbocycles. The van der Waals surface area contributed by atoms with E-state index in [1.54, 1.807) is 36.2 Å². The summed E-state index contributed by atoms with van der Waals surface area (Å²) in [6.07, 6.45) is 0.699. The Kier molecular flexibility index (Phi) is 5.14. The second kappa shape index (κ2) is 7.49. The number of benzene rings is 2. The Morgan fingerprint density at radius 2 is 1.76 bits per heavy atom. The lowest BCUT2D eigenvalue weighted by Gasteiger charge is -2.18. The largest absolute Gasteiger partial charge is 0.426 e. The molecular weight excluding hydrogens is 318 g/mol. The maximum absolute atomic E-state index is 12.5. The fourth-order valence-corrected chi connectivity index (χ4v) is 2.66. The van der Waals surface area contributed by atoms with Gasteiger partial charge in [-0.1, -0.05) is 17.7 Å². The van der Waals surface area contributed by atoms with Crippen molar-refractivity contribution in [2.24, 2.45) is 5.92 Å². The van der Waals surface area contributed by atoms with Crippen LogP contribution in [0.3, 0.4) is 0 Å². The van der Waals surface area contributed by atoms with E-state index in [0.717, 1.165) is 11.3 Å². The quantitative estimate of drug-likeness (QED) is 0.634. The summed E-state index contributed by atoms with van der Waals surface area (Å²) in [4.78, 5) is 26.1. The Bertz CT molecular complexity index is 746. The number of anilines is 1. The molecule has 5 heteroatoms. The Morgan fingerprint density at radius 3 is 2.36 bits per heavy atom. The number of nitrogens with zero attached hydrogens (tertiary/aromatic N) is 1. The molecule has 0 bridgehead atoms. The van der Waals surface area contributed by atoms with Crippen LogP contribution in [-0.4, -0.2) is 32.1 Å². The highest BCUT2D eigenvalue weighted by molar-refractivity contribution is 6.05. The van der Waals surface area contributed by atoms with Crippen LogP contribution < -0.4 is 9.64 Å². The van der Waals surface area contributed by atoms with Crippen LogP contribution in [0.2, 0.25) is 0 Å². The van der Waals surface area contributed by atoms with Crippen molar-refractivity contribution in [2.75, 3.05) is 25.2 Å². The van der Waals surface area contributed by atoms with Gasteiger partial charge in [-0.2, -0.15) is 0 Å². The van der Waals surface area contributed by atoms with E-state index >= 15 is 0 Å². The number of carbonyl (C=O) groups excluding carboxylic acids is 2. The van der Waals surface area contributed by atoms with Crippen LogP contribution in [-0.2, 0) is 9.53 Å². The predicted octanol–water partition coefficient (Wildman–Crippen LogP) is 3.21. The minimum absolute atomic E-state index is 0.0900. The van der Waals surface area contributed by atoms with Gasteiger partial charge < -0.3 is 14.4 Å². The van der Waals surface area contributed by atoms with Crippen molar-refractivity contribution in [3.63, 3.8) is 0 Å². The third-order valence-electron chi connectivity index (χ3n) is 4.31. The van der Waals surface area contributed by atoms with E-state index in [4.69, 9.17) is 9.47 Å². The first-order chi connectivity index (χ1) is 12.0. The summed E-state index contributed by atoms with van der Waals surface area (Å²) in [6.45, 7) is 3.00. The highest BCUT2D eigenvalue weighted by atomic mass is 16.5. The van der Waals surface area contributed by atoms with Crippen LogP contribution in [0.25, 0.3) is 0 Å². The van der Waals surface area contributed by atoms with Crippen molar-refractivity contribution in [1.29, 1.82) is 0 Å². The van der Waals surface area contributed by atoms with E-state index in [-0.39, 0.29) is 17.8 Å². The van der Waals surface area contributed by atoms with Gasteiger partial charge in [0, 0.05) is 24.9 Å². The standard InChI is InChI=1S/C20H21NO4/c1-14-3-5-15(6-4-14)19(22)21(2)17-7-9-18(10-8-17)25-20(23)16-11-12-24-13-16/h3-10,16H,11-13H2,1-2H3/t16-/m0/s1. The van der Waals surface area contributed by atoms with Crippen molar-refractivity contribution >= 4 is 17.6 Å². The first kappa shape index (κ1) is 17.2. The number of hydrogen-bond acceptors (Lipinski definition) is 4. The van der Waals surface area contributed by atoms with Crippen molar-refractivity contribution in [3.8, 4) is 5.75 Å². The maximum atomic E-state index is 12.5. The third-order valence-corrected chi connectivity index (χ3v) is 4.31. The normalized spacial score (nSPS) is 16.5. The summed E-state index contributed by atoms with van der Waals surface area (Å²) in [6, 6.07) is 14.4. The van der Waals surface area contributed by atoms with Crippen LogP contribution in [0.15, 0.2) is 48.5 Å². The summed E-state index contributed by atoms with van der Waals surface area (Å²) in [7, 11) is 1.72. The zero-order chi connectivity index (χ0) is 17.8. The van der Waals surface area contributed by atoms with E-state index in [9.17, 15) is 9.59 Å². The van der Waals surface area contributed by atoms with Gasteiger partial charge in [0.25, 0.3) is 5.91 Å². The van der Waals surface area contributed by atoms with Gasteiger partial charge in [-0.3, -0.25) is 9.59 Å². The van der Waals surface area contributed by atoms with Crippen LogP contribution in [0.4, 0.5) is 5.69 Å². The number of ether oxygens (including phenoxy) is 2. The van der Waals surface area contributed by atoms with Crippen molar-refractivity contribution in [3.05, 3.63) is 59.7 Å². The highest BCUT2D eigenvalue weighted by Gasteiger charge is 2.25. The molecule has 130 valence electrons. The van der Waals surface area contributed by atoms with Gasteiger partial charge in [-0.05, 0) is 49.7 Å². The molecule has 0 N–H and O–H groups in total. The molecule has 2 aromatic carbocycles. The Balaban J connectivity index is 1.65. The molecule has 25 heavy (non-hydrogen) atoms. The topological polar surface area (TPSA) is 55.8 Å². The summed E-state index contributed by atoms with van der Waals surface area (Å²) in [5, 5.41) is 0. The summed E-state index contributed by atoms with van der Waals surface area (Å²) in [5.41, 5.74) is 2.47. The summed E-state index contributed by atoms with van der Waals surface area (Å²) in [5.74, 6) is -0.0792. The Labute approximate surface area is 147 Å². The summed E-state index contributed by atoms with van der Waals surface area (Å²) < 4.78 is 10.6. The Morgan fingerprint density at radius 1 is 1.08 bits per heavy atom. The second-order valence-electron chi connectivity index (χ2n) is 6.21. The minimum atomic E-state index is -0.269. The molecular formula is C20H21NO4. The van der Waals surface area contributed by atoms with Crippen LogP contribution in [0, 0.1) is 12.8 Å². The van der Waals surface area contributed by atoms with Crippen molar-refractivity contribution in [1.82, 2.24) is 0 Å². The van der Waals surface area contributed by atoms with E-state index in [2.05, 4.69) is 0 Å². The lowest BCUT2D eigenvalue weighted by Crippen LogP contribution is -2.26. The molecule has 0 radical (unpaired) electrons. The van der Waals surface area contributed by atoms with E-state index in [1.807, 2.05) is 31.2 Å². The number of hydrogen-bond donors (Lipinski definition) is 0. The molecule has 2 aromatic rings. The maximum Gasteiger partial charge on any atom is 0.316 e. The van der Waals surface area contributed by atoms with Gasteiger partial charge in [0.15, 0.2) is 0 Å². The molecule has 1 heterocycles. The van der Waals surface area contributed by atoms with Crippen molar-refractivity contribution in [2.45, 2.75) is 13.3 Å². The average Bonchev–Trinajstić information content (AvgIpc) is 3.17. The molecule has 1 saturated heterocycles. The molecule has 0 spiro atoms. The SMILES string of the molecule is Cc1ccc(C(=O)N(C)c2ccc(OC(=O)[C@H]3CCOC3)cc2)cc1. The van der Waals surface area contributed by atoms with E-state index in [1.165, 1.54) is 0 Å². The van der Waals surface area contributed by atoms with Gasteiger partial charge in [-0.15, -0.1) is 0 Å². The van der Waals surface area contributed by atoms with Crippen LogP contribution in [0.1, 0.15) is 22.3 Å². The fraction of sp³-hybridized carbons (Fsp3) is 0.300. The molecule has 1 fully saturated rings. The number of aryl methyl sites for hydroxylation is 1. The highest BCUT2D eigenvalue weighted by Crippen LogP contribution is 2.22. The zero-order valence-corrected chi connectivity index (χ0v) is 14.4.